The predicted octanol–water partition coefficient (Wildman–Crippen LogP) is 7.43. The van der Waals surface area contributed by atoms with E-state index in [1.807, 2.05) is 36.4 Å². The van der Waals surface area contributed by atoms with Crippen LogP contribution in [0.1, 0.15) is 27.2 Å². The molecule has 0 radical (unpaired) electrons. The SMILES string of the molecule is C=CCc1cc(/C=N/NC(=O)c2cc3cc(Br)ccc3o2)cc(OC)c1OCc1ccc2ccccc2c1. The van der Waals surface area contributed by atoms with Crippen molar-refractivity contribution < 1.29 is 18.7 Å². The van der Waals surface area contributed by atoms with Crippen LogP contribution in [0, 0.1) is 0 Å². The van der Waals surface area contributed by atoms with Crippen LogP contribution in [0.15, 0.2) is 106 Å². The van der Waals surface area contributed by atoms with Gasteiger partial charge in [-0.2, -0.15) is 5.10 Å². The molecule has 5 rings (SSSR count). The first-order valence-electron chi connectivity index (χ1n) is 12.0. The van der Waals surface area contributed by atoms with Crippen LogP contribution in [-0.4, -0.2) is 19.2 Å². The molecule has 0 unspecified atom stereocenters. The number of ether oxygens (including phenoxy) is 2. The molecule has 0 spiro atoms. The molecule has 0 aliphatic carbocycles. The zero-order chi connectivity index (χ0) is 26.5. The number of nitrogens with zero attached hydrogens (tertiary/aromatic N) is 1. The Balaban J connectivity index is 1.32. The molecule has 1 amide bonds. The Morgan fingerprint density at radius 1 is 1.03 bits per heavy atom. The molecule has 0 bridgehead atoms. The molecule has 6 nitrogen and oxygen atoms in total. The van der Waals surface area contributed by atoms with Gasteiger partial charge in [0.05, 0.1) is 13.3 Å². The number of fused-ring (bicyclic) bond motifs is 2. The minimum absolute atomic E-state index is 0.178. The van der Waals surface area contributed by atoms with Gasteiger partial charge in [0.1, 0.15) is 12.2 Å². The fourth-order valence-electron chi connectivity index (χ4n) is 4.21. The van der Waals surface area contributed by atoms with Crippen LogP contribution < -0.4 is 14.9 Å². The van der Waals surface area contributed by atoms with Gasteiger partial charge in [-0.05, 0) is 70.8 Å². The van der Waals surface area contributed by atoms with Crippen LogP contribution in [-0.2, 0) is 13.0 Å². The summed E-state index contributed by atoms with van der Waals surface area (Å²) in [5.74, 6) is 0.954. The third kappa shape index (κ3) is 5.63. The van der Waals surface area contributed by atoms with Gasteiger partial charge in [-0.25, -0.2) is 5.43 Å². The Hall–Kier alpha value is -4.36. The van der Waals surface area contributed by atoms with Crippen molar-refractivity contribution in [3.63, 3.8) is 0 Å². The first kappa shape index (κ1) is 25.3. The number of furan rings is 1. The number of benzene rings is 4. The number of amides is 1. The van der Waals surface area contributed by atoms with E-state index in [1.54, 1.807) is 31.5 Å². The Morgan fingerprint density at radius 3 is 2.68 bits per heavy atom. The molecule has 1 heterocycles. The van der Waals surface area contributed by atoms with Gasteiger partial charge in [-0.15, -0.1) is 6.58 Å². The van der Waals surface area contributed by atoms with Gasteiger partial charge in [-0.1, -0.05) is 58.4 Å². The summed E-state index contributed by atoms with van der Waals surface area (Å²) >= 11 is 3.42. The fraction of sp³-hybridized carbons (Fsp3) is 0.0968. The molecular weight excluding hydrogens is 544 g/mol. The van der Waals surface area contributed by atoms with E-state index in [0.717, 1.165) is 31.9 Å². The van der Waals surface area contributed by atoms with E-state index in [4.69, 9.17) is 13.9 Å². The average Bonchev–Trinajstić information content (AvgIpc) is 3.35. The third-order valence-electron chi connectivity index (χ3n) is 6.02. The molecule has 0 fully saturated rings. The Kier molecular flexibility index (Phi) is 7.56. The maximum absolute atomic E-state index is 12.5. The number of hydrazone groups is 1. The smallest absolute Gasteiger partial charge is 0.307 e. The number of hydrogen-bond acceptors (Lipinski definition) is 5. The number of carbonyl (C=O) groups is 1. The highest BCUT2D eigenvalue weighted by Crippen LogP contribution is 2.34. The lowest BCUT2D eigenvalue weighted by molar-refractivity contribution is 0.0929. The van der Waals surface area contributed by atoms with E-state index in [0.29, 0.717) is 30.1 Å². The zero-order valence-electron chi connectivity index (χ0n) is 20.7. The van der Waals surface area contributed by atoms with Crippen molar-refractivity contribution in [1.29, 1.82) is 0 Å². The highest BCUT2D eigenvalue weighted by Gasteiger charge is 2.14. The molecule has 5 aromatic rings. The average molecular weight is 569 g/mol. The summed E-state index contributed by atoms with van der Waals surface area (Å²) in [6.45, 7) is 4.27. The highest BCUT2D eigenvalue weighted by atomic mass is 79.9. The quantitative estimate of drug-likeness (QED) is 0.114. The van der Waals surface area contributed by atoms with Crippen LogP contribution in [0.2, 0.25) is 0 Å². The maximum atomic E-state index is 12.5. The standard InChI is InChI=1S/C31H25BrN2O4/c1-3-6-24-14-21(18-33-34-31(35)29-17-25-16-26(32)11-12-27(25)38-29)15-28(36-2)30(24)37-19-20-9-10-22-7-4-5-8-23(22)13-20/h3-5,7-18H,1,6,19H2,2H3,(H,34,35)/b33-18+. The van der Waals surface area contributed by atoms with Crippen molar-refractivity contribution in [2.75, 3.05) is 7.11 Å². The van der Waals surface area contributed by atoms with Crippen LogP contribution >= 0.6 is 15.9 Å². The van der Waals surface area contributed by atoms with Crippen molar-refractivity contribution >= 4 is 49.8 Å². The Bertz CT molecular complexity index is 1670. The molecule has 0 aliphatic rings. The molecule has 38 heavy (non-hydrogen) atoms. The van der Waals surface area contributed by atoms with E-state index < -0.39 is 5.91 Å². The lowest BCUT2D eigenvalue weighted by Gasteiger charge is -2.16. The summed E-state index contributed by atoms with van der Waals surface area (Å²) in [5.41, 5.74) is 5.84. The van der Waals surface area contributed by atoms with Crippen molar-refractivity contribution in [3.8, 4) is 11.5 Å². The summed E-state index contributed by atoms with van der Waals surface area (Å²) in [5, 5.41) is 7.29. The van der Waals surface area contributed by atoms with Gasteiger partial charge in [-0.3, -0.25) is 4.79 Å². The number of halogens is 1. The third-order valence-corrected chi connectivity index (χ3v) is 6.51. The summed E-state index contributed by atoms with van der Waals surface area (Å²) in [6.07, 6.45) is 3.94. The van der Waals surface area contributed by atoms with Crippen molar-refractivity contribution in [2.45, 2.75) is 13.0 Å². The highest BCUT2D eigenvalue weighted by molar-refractivity contribution is 9.10. The lowest BCUT2D eigenvalue weighted by Crippen LogP contribution is -2.16. The van der Waals surface area contributed by atoms with Gasteiger partial charge >= 0.3 is 5.91 Å². The van der Waals surface area contributed by atoms with Gasteiger partial charge in [0.2, 0.25) is 0 Å². The monoisotopic (exact) mass is 568 g/mol. The number of methoxy groups -OCH3 is 1. The minimum Gasteiger partial charge on any atom is -0.493 e. The molecule has 7 heteroatoms. The molecule has 1 aromatic heterocycles. The number of rotatable bonds is 9. The topological polar surface area (TPSA) is 73.1 Å². The normalized spacial score (nSPS) is 11.2. The summed E-state index contributed by atoms with van der Waals surface area (Å²) < 4.78 is 18.4. The molecular formula is C31H25BrN2O4. The molecule has 190 valence electrons. The van der Waals surface area contributed by atoms with Gasteiger partial charge in [0.15, 0.2) is 17.3 Å². The van der Waals surface area contributed by atoms with E-state index in [1.165, 1.54) is 5.39 Å². The maximum Gasteiger partial charge on any atom is 0.307 e. The van der Waals surface area contributed by atoms with Gasteiger partial charge in [0.25, 0.3) is 0 Å². The van der Waals surface area contributed by atoms with Crippen LogP contribution in [0.3, 0.4) is 0 Å². The van der Waals surface area contributed by atoms with Crippen molar-refractivity contribution in [3.05, 3.63) is 118 Å². The minimum atomic E-state index is -0.442. The Labute approximate surface area is 228 Å². The van der Waals surface area contributed by atoms with Crippen LogP contribution in [0.4, 0.5) is 0 Å². The van der Waals surface area contributed by atoms with Crippen molar-refractivity contribution in [2.24, 2.45) is 5.10 Å². The lowest BCUT2D eigenvalue weighted by atomic mass is 10.1. The predicted molar refractivity (Wildman–Crippen MR) is 154 cm³/mol. The number of hydrogen-bond donors (Lipinski definition) is 1. The fourth-order valence-corrected chi connectivity index (χ4v) is 4.59. The number of allylic oxidation sites excluding steroid dienone is 1. The number of nitrogens with one attached hydrogen (secondary N) is 1. The van der Waals surface area contributed by atoms with E-state index in [9.17, 15) is 4.79 Å². The summed E-state index contributed by atoms with van der Waals surface area (Å²) in [7, 11) is 1.60. The first-order chi connectivity index (χ1) is 18.5. The molecule has 0 saturated heterocycles. The van der Waals surface area contributed by atoms with Crippen LogP contribution in [0.25, 0.3) is 21.7 Å². The summed E-state index contributed by atoms with van der Waals surface area (Å²) in [4.78, 5) is 12.5. The molecule has 1 N–H and O–H groups in total. The molecule has 0 atom stereocenters. The zero-order valence-corrected chi connectivity index (χ0v) is 22.3. The largest absolute Gasteiger partial charge is 0.493 e. The summed E-state index contributed by atoms with van der Waals surface area (Å²) in [6, 6.07) is 25.5. The van der Waals surface area contributed by atoms with E-state index in [-0.39, 0.29) is 5.76 Å². The second-order valence-corrected chi connectivity index (χ2v) is 9.58. The van der Waals surface area contributed by atoms with E-state index in [2.05, 4.69) is 63.4 Å². The van der Waals surface area contributed by atoms with Gasteiger partial charge < -0.3 is 13.9 Å². The second kappa shape index (κ2) is 11.4. The van der Waals surface area contributed by atoms with Crippen LogP contribution in [0.5, 0.6) is 11.5 Å². The first-order valence-corrected chi connectivity index (χ1v) is 12.8. The molecule has 0 aliphatic heterocycles. The Morgan fingerprint density at radius 2 is 1.87 bits per heavy atom. The molecule has 4 aromatic carbocycles. The molecule has 0 saturated carbocycles. The second-order valence-electron chi connectivity index (χ2n) is 8.67. The number of carbonyl (C=O) groups excluding carboxylic acids is 1. The van der Waals surface area contributed by atoms with Gasteiger partial charge in [0, 0.05) is 15.4 Å². The van der Waals surface area contributed by atoms with Crippen molar-refractivity contribution in [1.82, 2.24) is 5.43 Å². The van der Waals surface area contributed by atoms with E-state index >= 15 is 0 Å².